The van der Waals surface area contributed by atoms with Gasteiger partial charge in [0.25, 0.3) is 11.2 Å². The maximum Gasteiger partial charge on any atom is 0.273 e. The van der Waals surface area contributed by atoms with Gasteiger partial charge in [-0.25, -0.2) is 4.98 Å². The average Bonchev–Trinajstić information content (AvgIpc) is 2.74. The number of aromatic nitrogens is 2. The molecular weight excluding hydrogens is 372 g/mol. The lowest BCUT2D eigenvalue weighted by atomic mass is 9.88. The number of H-pyrrole nitrogens is 1. The summed E-state index contributed by atoms with van der Waals surface area (Å²) in [7, 11) is 1.51. The lowest BCUT2D eigenvalue weighted by molar-refractivity contribution is -0.384. The molecule has 0 atom stereocenters. The minimum absolute atomic E-state index is 0.00507. The highest BCUT2D eigenvalue weighted by atomic mass is 16.6. The van der Waals surface area contributed by atoms with E-state index in [0.717, 1.165) is 48.5 Å². The minimum atomic E-state index is -0.432. The van der Waals surface area contributed by atoms with Crippen molar-refractivity contribution in [2.24, 2.45) is 0 Å². The summed E-state index contributed by atoms with van der Waals surface area (Å²) in [5.41, 5.74) is 2.49. The molecule has 1 fully saturated rings. The maximum absolute atomic E-state index is 12.7. The number of nitro groups is 1. The molecule has 2 aliphatic rings. The van der Waals surface area contributed by atoms with Crippen molar-refractivity contribution in [1.29, 1.82) is 0 Å². The molecule has 154 valence electrons. The van der Waals surface area contributed by atoms with Gasteiger partial charge in [0, 0.05) is 43.6 Å². The summed E-state index contributed by atoms with van der Waals surface area (Å²) in [6.45, 7) is 1.86. The average molecular weight is 398 g/mol. The number of hydrogen-bond donors (Lipinski definition) is 1. The largest absolute Gasteiger partial charge is 0.496 e. The van der Waals surface area contributed by atoms with Crippen LogP contribution in [0.25, 0.3) is 0 Å². The highest BCUT2D eigenvalue weighted by molar-refractivity contribution is 5.44. The van der Waals surface area contributed by atoms with Gasteiger partial charge in [-0.05, 0) is 18.9 Å². The van der Waals surface area contributed by atoms with Crippen LogP contribution in [-0.4, -0.2) is 33.4 Å². The number of nitrogens with one attached hydrogen (secondary N) is 1. The molecule has 1 aromatic heterocycles. The number of ether oxygens (including phenoxy) is 1. The number of nitro benzene ring substituents is 1. The first-order valence-corrected chi connectivity index (χ1v) is 10.2. The quantitative estimate of drug-likeness (QED) is 0.613. The lowest BCUT2D eigenvalue weighted by Gasteiger charge is -2.29. The first-order valence-electron chi connectivity index (χ1n) is 10.2. The molecule has 2 aromatic rings. The Morgan fingerprint density at radius 1 is 1.31 bits per heavy atom. The Hall–Kier alpha value is -2.74. The van der Waals surface area contributed by atoms with Gasteiger partial charge in [-0.2, -0.15) is 0 Å². The van der Waals surface area contributed by atoms with Gasteiger partial charge >= 0.3 is 0 Å². The predicted octanol–water partition coefficient (Wildman–Crippen LogP) is 3.29. The number of hydrogen-bond acceptors (Lipinski definition) is 6. The third-order valence-electron chi connectivity index (χ3n) is 6.03. The van der Waals surface area contributed by atoms with Crippen molar-refractivity contribution in [3.8, 4) is 5.75 Å². The molecule has 4 rings (SSSR count). The summed E-state index contributed by atoms with van der Waals surface area (Å²) in [5, 5.41) is 11.0. The standard InChI is InChI=1S/C21H26N4O4/c1-29-19-11-16(25(27)28)8-7-15(19)12-24-10-9-18-17(13-24)21(26)23-20(22-18)14-5-3-2-4-6-14/h7-8,11,14H,2-6,9-10,12-13H2,1H3,(H,22,23,26). The van der Waals surface area contributed by atoms with Crippen LogP contribution in [0.1, 0.15) is 60.7 Å². The Balaban J connectivity index is 1.52. The summed E-state index contributed by atoms with van der Waals surface area (Å²) in [4.78, 5) is 33.3. The van der Waals surface area contributed by atoms with Gasteiger partial charge in [0.15, 0.2) is 0 Å². The van der Waals surface area contributed by atoms with Crippen LogP contribution in [-0.2, 0) is 19.5 Å². The van der Waals surface area contributed by atoms with Crippen molar-refractivity contribution < 1.29 is 9.66 Å². The third kappa shape index (κ3) is 4.17. The third-order valence-corrected chi connectivity index (χ3v) is 6.03. The second kappa shape index (κ2) is 8.32. The van der Waals surface area contributed by atoms with Gasteiger partial charge in [-0.1, -0.05) is 19.3 Å². The minimum Gasteiger partial charge on any atom is -0.496 e. The molecule has 8 nitrogen and oxygen atoms in total. The SMILES string of the molecule is COc1cc([N+](=O)[O-])ccc1CN1CCc2nc(C3CCCCC3)[nH]c(=O)c2C1. The molecule has 1 aliphatic heterocycles. The molecule has 1 aliphatic carbocycles. The van der Waals surface area contributed by atoms with Gasteiger partial charge in [0.2, 0.25) is 0 Å². The van der Waals surface area contributed by atoms with Gasteiger partial charge in [-0.3, -0.25) is 19.8 Å². The molecule has 2 heterocycles. The molecule has 0 unspecified atom stereocenters. The van der Waals surface area contributed by atoms with Crippen molar-refractivity contribution in [2.45, 2.75) is 57.5 Å². The fraction of sp³-hybridized carbons (Fsp3) is 0.524. The van der Waals surface area contributed by atoms with E-state index in [4.69, 9.17) is 9.72 Å². The highest BCUT2D eigenvalue weighted by Gasteiger charge is 2.25. The van der Waals surface area contributed by atoms with Crippen LogP contribution in [0.15, 0.2) is 23.0 Å². The van der Waals surface area contributed by atoms with Crippen molar-refractivity contribution in [2.75, 3.05) is 13.7 Å². The molecule has 29 heavy (non-hydrogen) atoms. The first kappa shape index (κ1) is 19.6. The second-order valence-electron chi connectivity index (χ2n) is 7.93. The fourth-order valence-corrected chi connectivity index (χ4v) is 4.42. The molecule has 0 spiro atoms. The second-order valence-corrected chi connectivity index (χ2v) is 7.93. The summed E-state index contributed by atoms with van der Waals surface area (Å²) in [6, 6.07) is 4.65. The van der Waals surface area contributed by atoms with Crippen LogP contribution in [0.4, 0.5) is 5.69 Å². The normalized spacial score (nSPS) is 17.7. The molecule has 0 radical (unpaired) electrons. The van der Waals surface area contributed by atoms with Crippen LogP contribution >= 0.6 is 0 Å². The number of aromatic amines is 1. The first-order chi connectivity index (χ1) is 14.0. The maximum atomic E-state index is 12.7. The number of rotatable bonds is 5. The number of non-ortho nitro benzene ring substituents is 1. The van der Waals surface area contributed by atoms with E-state index in [1.54, 1.807) is 6.07 Å². The molecule has 1 saturated carbocycles. The number of methoxy groups -OCH3 is 1. The van der Waals surface area contributed by atoms with Crippen molar-refractivity contribution >= 4 is 5.69 Å². The Morgan fingerprint density at radius 2 is 2.10 bits per heavy atom. The van der Waals surface area contributed by atoms with E-state index >= 15 is 0 Å². The zero-order chi connectivity index (χ0) is 20.4. The van der Waals surface area contributed by atoms with Crippen LogP contribution in [0.3, 0.4) is 0 Å². The van der Waals surface area contributed by atoms with Crippen LogP contribution in [0.2, 0.25) is 0 Å². The molecule has 1 N–H and O–H groups in total. The van der Waals surface area contributed by atoms with E-state index < -0.39 is 4.92 Å². The monoisotopic (exact) mass is 398 g/mol. The Bertz CT molecular complexity index is 966. The Labute approximate surface area is 169 Å². The topological polar surface area (TPSA) is 101 Å². The Kier molecular flexibility index (Phi) is 5.62. The number of benzene rings is 1. The number of fused-ring (bicyclic) bond motifs is 1. The smallest absolute Gasteiger partial charge is 0.273 e. The van der Waals surface area contributed by atoms with E-state index in [-0.39, 0.29) is 11.2 Å². The van der Waals surface area contributed by atoms with E-state index in [0.29, 0.717) is 24.8 Å². The van der Waals surface area contributed by atoms with Crippen LogP contribution in [0, 0.1) is 10.1 Å². The molecule has 0 amide bonds. The molecular formula is C21H26N4O4. The van der Waals surface area contributed by atoms with Crippen molar-refractivity contribution in [1.82, 2.24) is 14.9 Å². The molecule has 0 saturated heterocycles. The van der Waals surface area contributed by atoms with Crippen molar-refractivity contribution in [3.63, 3.8) is 0 Å². The van der Waals surface area contributed by atoms with Gasteiger partial charge in [0.1, 0.15) is 11.6 Å². The van der Waals surface area contributed by atoms with Crippen molar-refractivity contribution in [3.05, 3.63) is 61.3 Å². The van der Waals surface area contributed by atoms with E-state index in [1.807, 2.05) is 0 Å². The lowest BCUT2D eigenvalue weighted by Crippen LogP contribution is -2.36. The van der Waals surface area contributed by atoms with Crippen LogP contribution in [0.5, 0.6) is 5.75 Å². The van der Waals surface area contributed by atoms with Gasteiger partial charge < -0.3 is 9.72 Å². The van der Waals surface area contributed by atoms with Gasteiger partial charge in [-0.15, -0.1) is 0 Å². The Morgan fingerprint density at radius 3 is 2.83 bits per heavy atom. The van der Waals surface area contributed by atoms with E-state index in [9.17, 15) is 14.9 Å². The molecule has 0 bridgehead atoms. The summed E-state index contributed by atoms with van der Waals surface area (Å²) in [5.74, 6) is 1.73. The number of nitrogens with zero attached hydrogens (tertiary/aromatic N) is 3. The molecule has 8 heteroatoms. The highest BCUT2D eigenvalue weighted by Crippen LogP contribution is 2.31. The predicted molar refractivity (Wildman–Crippen MR) is 108 cm³/mol. The molecule has 1 aromatic carbocycles. The van der Waals surface area contributed by atoms with Crippen LogP contribution < -0.4 is 10.3 Å². The zero-order valence-electron chi connectivity index (χ0n) is 16.6. The fourth-order valence-electron chi connectivity index (χ4n) is 4.42. The summed E-state index contributed by atoms with van der Waals surface area (Å²) in [6.07, 6.45) is 6.62. The summed E-state index contributed by atoms with van der Waals surface area (Å²) >= 11 is 0. The zero-order valence-corrected chi connectivity index (χ0v) is 16.6. The summed E-state index contributed by atoms with van der Waals surface area (Å²) < 4.78 is 5.34. The van der Waals surface area contributed by atoms with E-state index in [1.165, 1.54) is 38.5 Å². The van der Waals surface area contributed by atoms with Gasteiger partial charge in [0.05, 0.1) is 29.4 Å². The van der Waals surface area contributed by atoms with E-state index in [2.05, 4.69) is 9.88 Å².